The molecule has 0 bridgehead atoms. The van der Waals surface area contributed by atoms with Crippen LogP contribution in [0.5, 0.6) is 0 Å². The van der Waals surface area contributed by atoms with Gasteiger partial charge in [-0.05, 0) is 17.7 Å². The van der Waals surface area contributed by atoms with Crippen LogP contribution in [0.25, 0.3) is 0 Å². The molecule has 1 aliphatic rings. The smallest absolute Gasteiger partial charge is 0.146 e. The van der Waals surface area contributed by atoms with E-state index < -0.39 is 0 Å². The van der Waals surface area contributed by atoms with Gasteiger partial charge in [-0.2, -0.15) is 0 Å². The maximum atomic E-state index is 14.3. The van der Waals surface area contributed by atoms with Gasteiger partial charge in [0.2, 0.25) is 0 Å². The molecule has 0 amide bonds. The molecule has 1 fully saturated rings. The summed E-state index contributed by atoms with van der Waals surface area (Å²) in [7, 11) is 0. The van der Waals surface area contributed by atoms with E-state index in [1.54, 1.807) is 12.1 Å². The second kappa shape index (κ2) is 7.02. The Balaban J connectivity index is 2.12. The number of aliphatic hydroxyl groups excluding tert-OH is 1. The van der Waals surface area contributed by atoms with Crippen LogP contribution in [0.4, 0.5) is 10.1 Å². The summed E-state index contributed by atoms with van der Waals surface area (Å²) in [6.07, 6.45) is 0. The minimum absolute atomic E-state index is 0.0317. The SMILES string of the molecule is CC(C)NCc1ccc(N2CCOCC2CO)c(F)c1. The lowest BCUT2D eigenvalue weighted by molar-refractivity contribution is 0.0723. The number of hydrogen-bond donors (Lipinski definition) is 2. The number of halogens is 1. The fourth-order valence-corrected chi connectivity index (χ4v) is 2.34. The molecule has 1 aromatic carbocycles. The molecule has 0 spiro atoms. The lowest BCUT2D eigenvalue weighted by atomic mass is 10.1. The fraction of sp³-hybridized carbons (Fsp3) is 0.600. The number of nitrogens with zero attached hydrogens (tertiary/aromatic N) is 1. The molecule has 4 nitrogen and oxygen atoms in total. The van der Waals surface area contributed by atoms with Crippen molar-refractivity contribution >= 4 is 5.69 Å². The zero-order valence-electron chi connectivity index (χ0n) is 12.1. The van der Waals surface area contributed by atoms with Gasteiger partial charge in [0.1, 0.15) is 5.82 Å². The Morgan fingerprint density at radius 1 is 1.50 bits per heavy atom. The van der Waals surface area contributed by atoms with E-state index in [2.05, 4.69) is 19.2 Å². The highest BCUT2D eigenvalue weighted by Gasteiger charge is 2.24. The van der Waals surface area contributed by atoms with Crippen molar-refractivity contribution in [3.63, 3.8) is 0 Å². The van der Waals surface area contributed by atoms with Gasteiger partial charge in [0.25, 0.3) is 0 Å². The van der Waals surface area contributed by atoms with E-state index in [4.69, 9.17) is 4.74 Å². The number of anilines is 1. The molecule has 2 N–H and O–H groups in total. The minimum atomic E-state index is -0.242. The van der Waals surface area contributed by atoms with Crippen molar-refractivity contribution in [2.24, 2.45) is 0 Å². The van der Waals surface area contributed by atoms with Gasteiger partial charge in [0.05, 0.1) is 31.5 Å². The van der Waals surface area contributed by atoms with Crippen molar-refractivity contribution in [1.29, 1.82) is 0 Å². The van der Waals surface area contributed by atoms with Gasteiger partial charge >= 0.3 is 0 Å². The van der Waals surface area contributed by atoms with Crippen molar-refractivity contribution < 1.29 is 14.2 Å². The first kappa shape index (κ1) is 15.2. The summed E-state index contributed by atoms with van der Waals surface area (Å²) in [5.74, 6) is -0.242. The van der Waals surface area contributed by atoms with E-state index in [0.29, 0.717) is 38.0 Å². The Labute approximate surface area is 119 Å². The molecule has 0 aliphatic carbocycles. The van der Waals surface area contributed by atoms with Crippen molar-refractivity contribution in [2.45, 2.75) is 32.5 Å². The largest absolute Gasteiger partial charge is 0.394 e. The van der Waals surface area contributed by atoms with Gasteiger partial charge in [0, 0.05) is 19.1 Å². The molecule has 1 aromatic rings. The second-order valence-electron chi connectivity index (χ2n) is 5.43. The van der Waals surface area contributed by atoms with Crippen LogP contribution in [0, 0.1) is 5.82 Å². The van der Waals surface area contributed by atoms with Gasteiger partial charge in [0.15, 0.2) is 0 Å². The van der Waals surface area contributed by atoms with Gasteiger partial charge < -0.3 is 20.1 Å². The molecular formula is C15H23FN2O2. The second-order valence-corrected chi connectivity index (χ2v) is 5.43. The molecule has 1 aliphatic heterocycles. The van der Waals surface area contributed by atoms with Crippen LogP contribution in [0.2, 0.25) is 0 Å². The Kier molecular flexibility index (Phi) is 5.34. The minimum Gasteiger partial charge on any atom is -0.394 e. The standard InChI is InChI=1S/C15H23FN2O2/c1-11(2)17-8-12-3-4-15(14(16)7-12)18-5-6-20-10-13(18)9-19/h3-4,7,11,13,17,19H,5-6,8-10H2,1-2H3. The molecule has 1 heterocycles. The first-order valence-corrected chi connectivity index (χ1v) is 7.09. The summed E-state index contributed by atoms with van der Waals surface area (Å²) in [4.78, 5) is 1.89. The third-order valence-corrected chi connectivity index (χ3v) is 3.47. The van der Waals surface area contributed by atoms with Crippen LogP contribution >= 0.6 is 0 Å². The Hall–Kier alpha value is -1.17. The summed E-state index contributed by atoms with van der Waals surface area (Å²) >= 11 is 0. The zero-order chi connectivity index (χ0) is 14.5. The van der Waals surface area contributed by atoms with Crippen LogP contribution in [0.3, 0.4) is 0 Å². The van der Waals surface area contributed by atoms with Crippen LogP contribution < -0.4 is 10.2 Å². The quantitative estimate of drug-likeness (QED) is 0.859. The molecule has 0 radical (unpaired) electrons. The van der Waals surface area contributed by atoms with E-state index in [1.807, 2.05) is 11.0 Å². The number of morpholine rings is 1. The Bertz CT molecular complexity index is 440. The highest BCUT2D eigenvalue weighted by atomic mass is 19.1. The Morgan fingerprint density at radius 2 is 2.30 bits per heavy atom. The highest BCUT2D eigenvalue weighted by Crippen LogP contribution is 2.24. The predicted molar refractivity (Wildman–Crippen MR) is 77.4 cm³/mol. The van der Waals surface area contributed by atoms with E-state index in [0.717, 1.165) is 5.56 Å². The first-order valence-electron chi connectivity index (χ1n) is 7.09. The molecule has 1 saturated heterocycles. The van der Waals surface area contributed by atoms with Crippen molar-refractivity contribution in [1.82, 2.24) is 5.32 Å². The van der Waals surface area contributed by atoms with Gasteiger partial charge in [-0.3, -0.25) is 0 Å². The molecule has 112 valence electrons. The fourth-order valence-electron chi connectivity index (χ4n) is 2.34. The monoisotopic (exact) mass is 282 g/mol. The van der Waals surface area contributed by atoms with E-state index in [9.17, 15) is 9.50 Å². The molecular weight excluding hydrogens is 259 g/mol. The number of ether oxygens (including phenoxy) is 1. The summed E-state index contributed by atoms with van der Waals surface area (Å²) in [6.45, 7) is 6.34. The molecule has 1 unspecified atom stereocenters. The number of rotatable bonds is 5. The van der Waals surface area contributed by atoms with Gasteiger partial charge in [-0.15, -0.1) is 0 Å². The summed E-state index contributed by atoms with van der Waals surface area (Å²) in [5.41, 5.74) is 1.47. The average Bonchev–Trinajstić information content (AvgIpc) is 2.45. The third kappa shape index (κ3) is 3.69. The van der Waals surface area contributed by atoms with Crippen molar-refractivity contribution in [2.75, 3.05) is 31.3 Å². The predicted octanol–water partition coefficient (Wildman–Crippen LogP) is 1.52. The molecule has 5 heteroatoms. The third-order valence-electron chi connectivity index (χ3n) is 3.47. The Morgan fingerprint density at radius 3 is 2.95 bits per heavy atom. The number of nitrogens with one attached hydrogen (secondary N) is 1. The van der Waals surface area contributed by atoms with E-state index in [1.165, 1.54) is 0 Å². The van der Waals surface area contributed by atoms with Crippen LogP contribution in [0.15, 0.2) is 18.2 Å². The topological polar surface area (TPSA) is 44.7 Å². The molecule has 2 rings (SSSR count). The van der Waals surface area contributed by atoms with E-state index in [-0.39, 0.29) is 18.5 Å². The summed E-state index contributed by atoms with van der Waals surface area (Å²) in [6, 6.07) is 5.49. The lowest BCUT2D eigenvalue weighted by Gasteiger charge is -2.36. The van der Waals surface area contributed by atoms with Crippen LogP contribution in [0.1, 0.15) is 19.4 Å². The lowest BCUT2D eigenvalue weighted by Crippen LogP contribution is -2.48. The van der Waals surface area contributed by atoms with E-state index >= 15 is 0 Å². The molecule has 1 atom stereocenters. The zero-order valence-corrected chi connectivity index (χ0v) is 12.1. The van der Waals surface area contributed by atoms with Gasteiger partial charge in [-0.1, -0.05) is 19.9 Å². The molecule has 20 heavy (non-hydrogen) atoms. The van der Waals surface area contributed by atoms with Crippen LogP contribution in [-0.2, 0) is 11.3 Å². The number of hydrogen-bond acceptors (Lipinski definition) is 4. The molecule has 0 saturated carbocycles. The van der Waals surface area contributed by atoms with Crippen LogP contribution in [-0.4, -0.2) is 43.6 Å². The van der Waals surface area contributed by atoms with Crippen molar-refractivity contribution in [3.8, 4) is 0 Å². The maximum absolute atomic E-state index is 14.3. The number of aliphatic hydroxyl groups is 1. The normalized spacial score (nSPS) is 19.6. The average molecular weight is 282 g/mol. The van der Waals surface area contributed by atoms with Crippen molar-refractivity contribution in [3.05, 3.63) is 29.6 Å². The first-order chi connectivity index (χ1) is 9.61. The maximum Gasteiger partial charge on any atom is 0.146 e. The molecule has 0 aromatic heterocycles. The summed E-state index contributed by atoms with van der Waals surface area (Å²) < 4.78 is 19.6. The highest BCUT2D eigenvalue weighted by molar-refractivity contribution is 5.50. The summed E-state index contributed by atoms with van der Waals surface area (Å²) in [5, 5.41) is 12.6. The number of benzene rings is 1. The van der Waals surface area contributed by atoms with Gasteiger partial charge in [-0.25, -0.2) is 4.39 Å².